The lowest BCUT2D eigenvalue weighted by molar-refractivity contribution is -0.121. The first kappa shape index (κ1) is 24.9. The minimum atomic E-state index is -0.687. The molecule has 3 heterocycles. The highest BCUT2D eigenvalue weighted by Crippen LogP contribution is 2.33. The number of pyridine rings is 2. The SMILES string of the molecule is O=C(Nc1ccccn1)C1CCC(CN2C(=O)c3ccc(Cl)cc3NC(=O)[C@H]2Cc2cccnc2)CC1. The van der Waals surface area contributed by atoms with Gasteiger partial charge >= 0.3 is 0 Å². The van der Waals surface area contributed by atoms with Crippen LogP contribution in [-0.4, -0.2) is 45.2 Å². The van der Waals surface area contributed by atoms with Crippen molar-refractivity contribution in [2.45, 2.75) is 38.1 Å². The lowest BCUT2D eigenvalue weighted by Crippen LogP contribution is -2.49. The average molecular weight is 518 g/mol. The van der Waals surface area contributed by atoms with E-state index in [-0.39, 0.29) is 29.6 Å². The number of hydrogen-bond acceptors (Lipinski definition) is 5. The second kappa shape index (κ2) is 11.1. The zero-order valence-corrected chi connectivity index (χ0v) is 21.0. The first-order chi connectivity index (χ1) is 18.0. The zero-order valence-electron chi connectivity index (χ0n) is 20.3. The molecular formula is C28H28ClN5O3. The molecule has 0 spiro atoms. The molecule has 1 atom stereocenters. The van der Waals surface area contributed by atoms with Crippen LogP contribution in [0.3, 0.4) is 0 Å². The fraction of sp³-hybridized carbons (Fsp3) is 0.321. The predicted octanol–water partition coefficient (Wildman–Crippen LogP) is 4.58. The normalized spacial score (nSPS) is 21.5. The summed E-state index contributed by atoms with van der Waals surface area (Å²) in [5.74, 6) is 0.155. The summed E-state index contributed by atoms with van der Waals surface area (Å²) in [7, 11) is 0. The van der Waals surface area contributed by atoms with E-state index >= 15 is 0 Å². The number of carbonyl (C=O) groups is 3. The summed E-state index contributed by atoms with van der Waals surface area (Å²) in [6.45, 7) is 0.438. The van der Waals surface area contributed by atoms with Crippen LogP contribution in [0, 0.1) is 11.8 Å². The van der Waals surface area contributed by atoms with Crippen molar-refractivity contribution < 1.29 is 14.4 Å². The Labute approximate surface area is 220 Å². The van der Waals surface area contributed by atoms with Gasteiger partial charge in [0.2, 0.25) is 11.8 Å². The second-order valence-electron chi connectivity index (χ2n) is 9.64. The Hall–Kier alpha value is -3.78. The number of nitrogens with one attached hydrogen (secondary N) is 2. The highest BCUT2D eigenvalue weighted by Gasteiger charge is 2.38. The molecule has 1 aliphatic heterocycles. The third kappa shape index (κ3) is 5.80. The van der Waals surface area contributed by atoms with Crippen molar-refractivity contribution in [2.24, 2.45) is 11.8 Å². The summed E-state index contributed by atoms with van der Waals surface area (Å²) in [5, 5.41) is 6.26. The standard InChI is InChI=1S/C28H28ClN5O3/c29-21-10-11-22-23(15-21)32-27(36)24(14-19-4-3-12-30-16-19)34(28(22)37)17-18-6-8-20(9-7-18)26(35)33-25-5-1-2-13-31-25/h1-5,10-13,15-16,18,20,24H,6-9,14,17H2,(H,32,36)(H,31,33,35)/t18?,20?,24-/m1/s1. The molecule has 2 aliphatic rings. The Kier molecular flexibility index (Phi) is 7.46. The smallest absolute Gasteiger partial charge is 0.256 e. The minimum Gasteiger partial charge on any atom is -0.326 e. The lowest BCUT2D eigenvalue weighted by Gasteiger charge is -2.35. The van der Waals surface area contributed by atoms with Gasteiger partial charge in [0.1, 0.15) is 11.9 Å². The molecule has 1 fully saturated rings. The van der Waals surface area contributed by atoms with Crippen LogP contribution in [0.1, 0.15) is 41.6 Å². The van der Waals surface area contributed by atoms with Gasteiger partial charge < -0.3 is 15.5 Å². The maximum atomic E-state index is 13.7. The number of carbonyl (C=O) groups excluding carboxylic acids is 3. The Morgan fingerprint density at radius 3 is 2.62 bits per heavy atom. The average Bonchev–Trinajstić information content (AvgIpc) is 3.00. The summed E-state index contributed by atoms with van der Waals surface area (Å²) < 4.78 is 0. The van der Waals surface area contributed by atoms with Crippen LogP contribution < -0.4 is 10.6 Å². The number of fused-ring (bicyclic) bond motifs is 1. The Morgan fingerprint density at radius 1 is 1.05 bits per heavy atom. The van der Waals surface area contributed by atoms with Gasteiger partial charge in [-0.2, -0.15) is 0 Å². The summed E-state index contributed by atoms with van der Waals surface area (Å²) >= 11 is 6.15. The fourth-order valence-corrected chi connectivity index (χ4v) is 5.34. The molecule has 2 aromatic heterocycles. The molecule has 1 saturated carbocycles. The number of amides is 3. The first-order valence-corrected chi connectivity index (χ1v) is 12.9. The maximum absolute atomic E-state index is 13.7. The molecule has 37 heavy (non-hydrogen) atoms. The molecule has 0 unspecified atom stereocenters. The van der Waals surface area contributed by atoms with Crippen LogP contribution >= 0.6 is 11.6 Å². The van der Waals surface area contributed by atoms with E-state index in [9.17, 15) is 14.4 Å². The Balaban J connectivity index is 1.31. The van der Waals surface area contributed by atoms with Crippen molar-refractivity contribution in [1.29, 1.82) is 0 Å². The molecule has 9 heteroatoms. The number of halogens is 1. The van der Waals surface area contributed by atoms with E-state index < -0.39 is 6.04 Å². The summed E-state index contributed by atoms with van der Waals surface area (Å²) in [5.41, 5.74) is 1.73. The van der Waals surface area contributed by atoms with Crippen molar-refractivity contribution in [1.82, 2.24) is 14.9 Å². The molecular weight excluding hydrogens is 490 g/mol. The van der Waals surface area contributed by atoms with E-state index in [4.69, 9.17) is 11.6 Å². The highest BCUT2D eigenvalue weighted by atomic mass is 35.5. The fourth-order valence-electron chi connectivity index (χ4n) is 5.17. The molecule has 1 aliphatic carbocycles. The first-order valence-electron chi connectivity index (χ1n) is 12.5. The molecule has 5 rings (SSSR count). The summed E-state index contributed by atoms with van der Waals surface area (Å²) in [6, 6.07) is 13.4. The third-order valence-corrected chi connectivity index (χ3v) is 7.39. The van der Waals surface area contributed by atoms with Crippen LogP contribution in [0.25, 0.3) is 0 Å². The van der Waals surface area contributed by atoms with Crippen molar-refractivity contribution in [3.63, 3.8) is 0 Å². The molecule has 1 aromatic carbocycles. The molecule has 0 radical (unpaired) electrons. The number of anilines is 2. The van der Waals surface area contributed by atoms with E-state index in [1.54, 1.807) is 53.8 Å². The van der Waals surface area contributed by atoms with Gasteiger partial charge in [-0.15, -0.1) is 0 Å². The minimum absolute atomic E-state index is 0.0253. The number of benzene rings is 1. The Bertz CT molecular complexity index is 1280. The molecule has 3 aromatic rings. The van der Waals surface area contributed by atoms with Crippen molar-refractivity contribution >= 4 is 40.8 Å². The topological polar surface area (TPSA) is 104 Å². The predicted molar refractivity (Wildman–Crippen MR) is 141 cm³/mol. The number of hydrogen-bond donors (Lipinski definition) is 2. The van der Waals surface area contributed by atoms with Gasteiger partial charge in [-0.3, -0.25) is 19.4 Å². The monoisotopic (exact) mass is 517 g/mol. The molecule has 0 bridgehead atoms. The lowest BCUT2D eigenvalue weighted by atomic mass is 9.81. The molecule has 190 valence electrons. The van der Waals surface area contributed by atoms with Crippen LogP contribution in [0.2, 0.25) is 5.02 Å². The number of nitrogens with zero attached hydrogens (tertiary/aromatic N) is 3. The molecule has 2 N–H and O–H groups in total. The summed E-state index contributed by atoms with van der Waals surface area (Å²) in [6.07, 6.45) is 8.42. The Morgan fingerprint density at radius 2 is 1.89 bits per heavy atom. The van der Waals surface area contributed by atoms with E-state index in [2.05, 4.69) is 20.6 Å². The van der Waals surface area contributed by atoms with E-state index in [1.807, 2.05) is 18.2 Å². The van der Waals surface area contributed by atoms with Gasteiger partial charge in [0.25, 0.3) is 5.91 Å². The van der Waals surface area contributed by atoms with Crippen LogP contribution in [-0.2, 0) is 16.0 Å². The van der Waals surface area contributed by atoms with Crippen LogP contribution in [0.4, 0.5) is 11.5 Å². The van der Waals surface area contributed by atoms with Crippen molar-refractivity contribution in [3.8, 4) is 0 Å². The van der Waals surface area contributed by atoms with Crippen molar-refractivity contribution in [3.05, 3.63) is 83.3 Å². The van der Waals surface area contributed by atoms with Crippen LogP contribution in [0.5, 0.6) is 0 Å². The largest absolute Gasteiger partial charge is 0.326 e. The van der Waals surface area contributed by atoms with Gasteiger partial charge in [-0.1, -0.05) is 23.7 Å². The highest BCUT2D eigenvalue weighted by molar-refractivity contribution is 6.31. The van der Waals surface area contributed by atoms with E-state index in [0.29, 0.717) is 35.1 Å². The second-order valence-corrected chi connectivity index (χ2v) is 10.1. The molecule has 3 amide bonds. The van der Waals surface area contributed by atoms with E-state index in [0.717, 1.165) is 31.2 Å². The maximum Gasteiger partial charge on any atom is 0.256 e. The quantitative estimate of drug-likeness (QED) is 0.498. The zero-order chi connectivity index (χ0) is 25.8. The number of rotatable bonds is 6. The number of aromatic nitrogens is 2. The van der Waals surface area contributed by atoms with Crippen LogP contribution in [0.15, 0.2) is 67.1 Å². The third-order valence-electron chi connectivity index (χ3n) is 7.15. The van der Waals surface area contributed by atoms with Gasteiger partial charge in [0.15, 0.2) is 0 Å². The van der Waals surface area contributed by atoms with Gasteiger partial charge in [-0.25, -0.2) is 4.98 Å². The molecule has 8 nitrogen and oxygen atoms in total. The van der Waals surface area contributed by atoms with Gasteiger partial charge in [-0.05, 0) is 73.6 Å². The van der Waals surface area contributed by atoms with Crippen molar-refractivity contribution in [2.75, 3.05) is 17.2 Å². The van der Waals surface area contributed by atoms with Gasteiger partial charge in [0.05, 0.1) is 11.3 Å². The van der Waals surface area contributed by atoms with E-state index in [1.165, 1.54) is 0 Å². The summed E-state index contributed by atoms with van der Waals surface area (Å²) in [4.78, 5) is 49.9. The van der Waals surface area contributed by atoms with Gasteiger partial charge in [0, 0.05) is 42.5 Å². The molecule has 0 saturated heterocycles.